The summed E-state index contributed by atoms with van der Waals surface area (Å²) in [5, 5.41) is 2.57. The standard InChI is InChI=1S/C20H23ClN2O7S/c1-12(19(24)22-16-11-14(28-4)7-9-17(16)29-5)30-20(25)13-6-8-15(21)18(10-13)31(26,27)23(2)3/h6-12H,1-5H3,(H,22,24). The average Bonchev–Trinajstić information content (AvgIpc) is 2.73. The summed E-state index contributed by atoms with van der Waals surface area (Å²) in [5.41, 5.74) is 0.268. The number of amides is 1. The predicted octanol–water partition coefficient (Wildman–Crippen LogP) is 2.79. The van der Waals surface area contributed by atoms with Crippen molar-refractivity contribution < 1.29 is 32.2 Å². The van der Waals surface area contributed by atoms with Gasteiger partial charge in [-0.2, -0.15) is 0 Å². The number of carbonyl (C=O) groups is 2. The maximum atomic E-state index is 12.5. The van der Waals surface area contributed by atoms with E-state index in [1.54, 1.807) is 18.2 Å². The number of nitrogens with one attached hydrogen (secondary N) is 1. The van der Waals surface area contributed by atoms with Crippen molar-refractivity contribution in [2.75, 3.05) is 33.6 Å². The number of ether oxygens (including phenoxy) is 3. The molecule has 31 heavy (non-hydrogen) atoms. The molecule has 11 heteroatoms. The van der Waals surface area contributed by atoms with Crippen molar-refractivity contribution in [1.29, 1.82) is 0 Å². The van der Waals surface area contributed by atoms with Crippen molar-refractivity contribution in [3.63, 3.8) is 0 Å². The van der Waals surface area contributed by atoms with Gasteiger partial charge in [0, 0.05) is 20.2 Å². The Labute approximate surface area is 185 Å². The van der Waals surface area contributed by atoms with Gasteiger partial charge in [0.05, 0.1) is 30.5 Å². The Morgan fingerprint density at radius 1 is 1.06 bits per heavy atom. The first-order valence-electron chi connectivity index (χ1n) is 8.97. The van der Waals surface area contributed by atoms with Gasteiger partial charge in [0.25, 0.3) is 5.91 Å². The van der Waals surface area contributed by atoms with Crippen LogP contribution in [0, 0.1) is 0 Å². The fourth-order valence-electron chi connectivity index (χ4n) is 2.45. The number of anilines is 1. The van der Waals surface area contributed by atoms with Crippen LogP contribution in [-0.2, 0) is 19.6 Å². The van der Waals surface area contributed by atoms with E-state index >= 15 is 0 Å². The summed E-state index contributed by atoms with van der Waals surface area (Å²) in [6.45, 7) is 1.38. The predicted molar refractivity (Wildman–Crippen MR) is 115 cm³/mol. The van der Waals surface area contributed by atoms with Crippen molar-refractivity contribution in [1.82, 2.24) is 4.31 Å². The lowest BCUT2D eigenvalue weighted by atomic mass is 10.2. The van der Waals surface area contributed by atoms with Gasteiger partial charge in [0.1, 0.15) is 16.4 Å². The smallest absolute Gasteiger partial charge is 0.338 e. The Kier molecular flexibility index (Phi) is 7.88. The highest BCUT2D eigenvalue weighted by Gasteiger charge is 2.25. The van der Waals surface area contributed by atoms with Crippen LogP contribution in [0.1, 0.15) is 17.3 Å². The van der Waals surface area contributed by atoms with Crippen LogP contribution in [0.5, 0.6) is 11.5 Å². The fraction of sp³-hybridized carbons (Fsp3) is 0.300. The molecule has 0 saturated heterocycles. The topological polar surface area (TPSA) is 111 Å². The lowest BCUT2D eigenvalue weighted by molar-refractivity contribution is -0.123. The number of sulfonamides is 1. The van der Waals surface area contributed by atoms with E-state index < -0.39 is 28.0 Å². The number of hydrogen-bond donors (Lipinski definition) is 1. The van der Waals surface area contributed by atoms with E-state index in [0.29, 0.717) is 17.2 Å². The van der Waals surface area contributed by atoms with Crippen LogP contribution in [0.3, 0.4) is 0 Å². The number of carbonyl (C=O) groups excluding carboxylic acids is 2. The third-order valence-electron chi connectivity index (χ3n) is 4.24. The molecule has 0 fully saturated rings. The second kappa shape index (κ2) is 9.99. The Balaban J connectivity index is 2.19. The Morgan fingerprint density at radius 2 is 1.74 bits per heavy atom. The zero-order valence-corrected chi connectivity index (χ0v) is 19.2. The molecule has 1 atom stereocenters. The molecular weight excluding hydrogens is 448 g/mol. The number of rotatable bonds is 8. The first-order chi connectivity index (χ1) is 14.5. The average molecular weight is 471 g/mol. The molecule has 0 aromatic heterocycles. The van der Waals surface area contributed by atoms with E-state index in [0.717, 1.165) is 10.4 Å². The zero-order chi connectivity index (χ0) is 23.3. The highest BCUT2D eigenvalue weighted by atomic mass is 35.5. The van der Waals surface area contributed by atoms with Crippen LogP contribution < -0.4 is 14.8 Å². The molecular formula is C20H23ClN2O7S. The first kappa shape index (κ1) is 24.4. The Bertz CT molecular complexity index is 1090. The van der Waals surface area contributed by atoms with E-state index in [1.165, 1.54) is 47.4 Å². The molecule has 0 radical (unpaired) electrons. The van der Waals surface area contributed by atoms with E-state index in [9.17, 15) is 18.0 Å². The summed E-state index contributed by atoms with van der Waals surface area (Å²) in [6, 6.07) is 8.54. The van der Waals surface area contributed by atoms with E-state index in [4.69, 9.17) is 25.8 Å². The lowest BCUT2D eigenvalue weighted by Crippen LogP contribution is -2.30. The molecule has 1 N–H and O–H groups in total. The van der Waals surface area contributed by atoms with Crippen LogP contribution in [-0.4, -0.2) is 59.0 Å². The maximum absolute atomic E-state index is 12.5. The third-order valence-corrected chi connectivity index (χ3v) is 6.54. The van der Waals surface area contributed by atoms with Crippen LogP contribution in [0.25, 0.3) is 0 Å². The van der Waals surface area contributed by atoms with Crippen molar-refractivity contribution in [3.05, 3.63) is 47.0 Å². The number of esters is 1. The van der Waals surface area contributed by atoms with Gasteiger partial charge in [-0.05, 0) is 37.3 Å². The van der Waals surface area contributed by atoms with Gasteiger partial charge >= 0.3 is 5.97 Å². The highest BCUT2D eigenvalue weighted by molar-refractivity contribution is 7.89. The van der Waals surface area contributed by atoms with Crippen LogP contribution >= 0.6 is 11.6 Å². The molecule has 0 saturated carbocycles. The quantitative estimate of drug-likeness (QED) is 0.590. The van der Waals surface area contributed by atoms with Gasteiger partial charge < -0.3 is 19.5 Å². The lowest BCUT2D eigenvalue weighted by Gasteiger charge is -2.17. The second-order valence-corrected chi connectivity index (χ2v) is 9.06. The first-order valence-corrected chi connectivity index (χ1v) is 10.8. The van der Waals surface area contributed by atoms with Gasteiger partial charge in [0.2, 0.25) is 10.0 Å². The van der Waals surface area contributed by atoms with Gasteiger partial charge in [-0.25, -0.2) is 17.5 Å². The fourth-order valence-corrected chi connectivity index (χ4v) is 3.85. The summed E-state index contributed by atoms with van der Waals surface area (Å²) in [7, 11) is 1.74. The number of benzene rings is 2. The largest absolute Gasteiger partial charge is 0.497 e. The minimum atomic E-state index is -3.87. The van der Waals surface area contributed by atoms with Gasteiger partial charge in [-0.1, -0.05) is 11.6 Å². The molecule has 0 spiro atoms. The van der Waals surface area contributed by atoms with E-state index in [-0.39, 0.29) is 15.5 Å². The summed E-state index contributed by atoms with van der Waals surface area (Å²) in [5.74, 6) is -0.609. The van der Waals surface area contributed by atoms with Gasteiger partial charge in [0.15, 0.2) is 6.10 Å². The second-order valence-electron chi connectivity index (χ2n) is 6.54. The van der Waals surface area contributed by atoms with Crippen molar-refractivity contribution >= 4 is 39.2 Å². The molecule has 2 rings (SSSR count). The Hall–Kier alpha value is -2.82. The summed E-state index contributed by atoms with van der Waals surface area (Å²) >= 11 is 5.99. The molecule has 1 amide bonds. The van der Waals surface area contributed by atoms with Gasteiger partial charge in [-0.3, -0.25) is 4.79 Å². The Morgan fingerprint density at radius 3 is 2.32 bits per heavy atom. The van der Waals surface area contributed by atoms with E-state index in [2.05, 4.69) is 5.32 Å². The van der Waals surface area contributed by atoms with Crippen LogP contribution in [0.2, 0.25) is 5.02 Å². The number of nitrogens with zero attached hydrogens (tertiary/aromatic N) is 1. The summed E-state index contributed by atoms with van der Waals surface area (Å²) in [4.78, 5) is 24.8. The maximum Gasteiger partial charge on any atom is 0.338 e. The molecule has 0 heterocycles. The summed E-state index contributed by atoms with van der Waals surface area (Å²) < 4.78 is 41.2. The van der Waals surface area contributed by atoms with Crippen molar-refractivity contribution in [2.45, 2.75) is 17.9 Å². The van der Waals surface area contributed by atoms with Gasteiger partial charge in [-0.15, -0.1) is 0 Å². The van der Waals surface area contributed by atoms with Crippen molar-refractivity contribution in [3.8, 4) is 11.5 Å². The monoisotopic (exact) mass is 470 g/mol. The third kappa shape index (κ3) is 5.66. The minimum absolute atomic E-state index is 0.0406. The van der Waals surface area contributed by atoms with Crippen molar-refractivity contribution in [2.24, 2.45) is 0 Å². The number of hydrogen-bond acceptors (Lipinski definition) is 7. The minimum Gasteiger partial charge on any atom is -0.497 e. The molecule has 0 bridgehead atoms. The SMILES string of the molecule is COc1ccc(OC)c(NC(=O)C(C)OC(=O)c2ccc(Cl)c(S(=O)(=O)N(C)C)c2)c1. The molecule has 0 aliphatic carbocycles. The van der Waals surface area contributed by atoms with Crippen LogP contribution in [0.4, 0.5) is 5.69 Å². The molecule has 2 aromatic carbocycles. The molecule has 2 aromatic rings. The zero-order valence-electron chi connectivity index (χ0n) is 17.6. The van der Waals surface area contributed by atoms with E-state index in [1.807, 2.05) is 0 Å². The molecule has 0 aliphatic rings. The van der Waals surface area contributed by atoms with Crippen LogP contribution in [0.15, 0.2) is 41.3 Å². The normalized spacial score (nSPS) is 12.2. The summed E-state index contributed by atoms with van der Waals surface area (Å²) in [6.07, 6.45) is -1.19. The number of methoxy groups -OCH3 is 2. The highest BCUT2D eigenvalue weighted by Crippen LogP contribution is 2.29. The molecule has 1 unspecified atom stereocenters. The number of halogens is 1. The molecule has 0 aliphatic heterocycles. The molecule has 168 valence electrons. The molecule has 9 nitrogen and oxygen atoms in total.